The number of nitrogens with one attached hydrogen (secondary N) is 1. The lowest BCUT2D eigenvalue weighted by Crippen LogP contribution is -2.14. The Hall–Kier alpha value is -1.09. The van der Waals surface area contributed by atoms with E-state index in [0.717, 1.165) is 37.9 Å². The standard InChI is InChI=1S/C15H24N2O/c1-2-9-16-10-14-7-8-15(17-11-14)18-12-13-5-3-4-6-13/h7-8,11,13,16H,2-6,9-10,12H2,1H3. The van der Waals surface area contributed by atoms with E-state index in [1.807, 2.05) is 12.3 Å². The summed E-state index contributed by atoms with van der Waals surface area (Å²) in [5, 5.41) is 3.37. The molecular formula is C15H24N2O. The summed E-state index contributed by atoms with van der Waals surface area (Å²) >= 11 is 0. The van der Waals surface area contributed by atoms with Gasteiger partial charge in [-0.2, -0.15) is 0 Å². The number of rotatable bonds is 7. The van der Waals surface area contributed by atoms with Crippen LogP contribution in [0.4, 0.5) is 0 Å². The maximum absolute atomic E-state index is 5.74. The molecule has 1 N–H and O–H groups in total. The molecule has 0 amide bonds. The monoisotopic (exact) mass is 248 g/mol. The maximum Gasteiger partial charge on any atom is 0.213 e. The summed E-state index contributed by atoms with van der Waals surface area (Å²) in [6.07, 6.45) is 8.44. The third kappa shape index (κ3) is 4.30. The first-order valence-electron chi connectivity index (χ1n) is 7.17. The van der Waals surface area contributed by atoms with E-state index in [4.69, 9.17) is 4.74 Å². The van der Waals surface area contributed by atoms with Crippen molar-refractivity contribution in [1.29, 1.82) is 0 Å². The molecule has 0 saturated heterocycles. The van der Waals surface area contributed by atoms with Crippen LogP contribution in [0.3, 0.4) is 0 Å². The number of aromatic nitrogens is 1. The van der Waals surface area contributed by atoms with Crippen LogP contribution < -0.4 is 10.1 Å². The average molecular weight is 248 g/mol. The van der Waals surface area contributed by atoms with Crippen LogP contribution in [0.1, 0.15) is 44.6 Å². The van der Waals surface area contributed by atoms with Crippen LogP contribution in [0.5, 0.6) is 5.88 Å². The Balaban J connectivity index is 1.72. The zero-order valence-corrected chi connectivity index (χ0v) is 11.3. The minimum absolute atomic E-state index is 0.748. The lowest BCUT2D eigenvalue weighted by atomic mass is 10.1. The number of pyridine rings is 1. The van der Waals surface area contributed by atoms with E-state index < -0.39 is 0 Å². The number of ether oxygens (including phenoxy) is 1. The molecule has 1 aromatic heterocycles. The highest BCUT2D eigenvalue weighted by atomic mass is 16.5. The first-order chi connectivity index (χ1) is 8.88. The Kier molecular flexibility index (Phi) is 5.46. The molecule has 1 aliphatic rings. The van der Waals surface area contributed by atoms with Crippen molar-refractivity contribution in [3.63, 3.8) is 0 Å². The van der Waals surface area contributed by atoms with Crippen molar-refractivity contribution in [3.8, 4) is 5.88 Å². The van der Waals surface area contributed by atoms with Crippen LogP contribution in [0, 0.1) is 5.92 Å². The van der Waals surface area contributed by atoms with Gasteiger partial charge in [-0.1, -0.05) is 25.8 Å². The summed E-state index contributed by atoms with van der Waals surface area (Å²) < 4.78 is 5.74. The normalized spacial score (nSPS) is 16.1. The highest BCUT2D eigenvalue weighted by molar-refractivity contribution is 5.17. The first kappa shape index (κ1) is 13.3. The van der Waals surface area contributed by atoms with Crippen molar-refractivity contribution in [2.45, 2.75) is 45.6 Å². The minimum atomic E-state index is 0.748. The van der Waals surface area contributed by atoms with Crippen molar-refractivity contribution in [1.82, 2.24) is 10.3 Å². The molecule has 2 rings (SSSR count). The molecular weight excluding hydrogens is 224 g/mol. The molecule has 0 aliphatic heterocycles. The molecule has 1 heterocycles. The Morgan fingerprint density at radius 1 is 1.33 bits per heavy atom. The predicted octanol–water partition coefficient (Wildman–Crippen LogP) is 3.15. The van der Waals surface area contributed by atoms with Gasteiger partial charge < -0.3 is 10.1 Å². The fraction of sp³-hybridized carbons (Fsp3) is 0.667. The quantitative estimate of drug-likeness (QED) is 0.753. The molecule has 0 atom stereocenters. The lowest BCUT2D eigenvalue weighted by Gasteiger charge is -2.10. The van der Waals surface area contributed by atoms with Crippen LogP contribution in [-0.4, -0.2) is 18.1 Å². The van der Waals surface area contributed by atoms with E-state index in [-0.39, 0.29) is 0 Å². The molecule has 1 saturated carbocycles. The Morgan fingerprint density at radius 2 is 2.17 bits per heavy atom. The van der Waals surface area contributed by atoms with Crippen molar-refractivity contribution < 1.29 is 4.74 Å². The van der Waals surface area contributed by atoms with Crippen molar-refractivity contribution >= 4 is 0 Å². The van der Waals surface area contributed by atoms with E-state index in [2.05, 4.69) is 23.3 Å². The van der Waals surface area contributed by atoms with Gasteiger partial charge in [0.05, 0.1) is 6.61 Å². The van der Waals surface area contributed by atoms with Crippen LogP contribution in [0.2, 0.25) is 0 Å². The summed E-state index contributed by atoms with van der Waals surface area (Å²) in [5.41, 5.74) is 1.22. The SMILES string of the molecule is CCCNCc1ccc(OCC2CCCC2)nc1. The first-order valence-corrected chi connectivity index (χ1v) is 7.17. The number of hydrogen-bond acceptors (Lipinski definition) is 3. The van der Waals surface area contributed by atoms with E-state index in [9.17, 15) is 0 Å². The molecule has 1 aromatic rings. The second-order valence-electron chi connectivity index (χ2n) is 5.14. The van der Waals surface area contributed by atoms with Gasteiger partial charge in [0.2, 0.25) is 5.88 Å². The van der Waals surface area contributed by atoms with Gasteiger partial charge in [0.25, 0.3) is 0 Å². The molecule has 0 aromatic carbocycles. The number of nitrogens with zero attached hydrogens (tertiary/aromatic N) is 1. The van der Waals surface area contributed by atoms with Gasteiger partial charge in [-0.05, 0) is 37.3 Å². The molecule has 1 aliphatic carbocycles. The molecule has 0 bridgehead atoms. The van der Waals surface area contributed by atoms with Crippen LogP contribution in [0.25, 0.3) is 0 Å². The summed E-state index contributed by atoms with van der Waals surface area (Å²) in [5.74, 6) is 1.51. The fourth-order valence-electron chi connectivity index (χ4n) is 2.39. The maximum atomic E-state index is 5.74. The molecule has 0 spiro atoms. The smallest absolute Gasteiger partial charge is 0.213 e. The van der Waals surface area contributed by atoms with Gasteiger partial charge in [-0.25, -0.2) is 4.98 Å². The van der Waals surface area contributed by atoms with Gasteiger partial charge in [0, 0.05) is 18.8 Å². The summed E-state index contributed by atoms with van der Waals surface area (Å²) in [7, 11) is 0. The highest BCUT2D eigenvalue weighted by Gasteiger charge is 2.15. The third-order valence-corrected chi connectivity index (χ3v) is 3.50. The predicted molar refractivity (Wildman–Crippen MR) is 73.7 cm³/mol. The second kappa shape index (κ2) is 7.37. The van der Waals surface area contributed by atoms with Gasteiger partial charge in [0.15, 0.2) is 0 Å². The molecule has 3 heteroatoms. The van der Waals surface area contributed by atoms with Crippen LogP contribution >= 0.6 is 0 Å². The molecule has 1 fully saturated rings. The van der Waals surface area contributed by atoms with E-state index in [1.165, 1.54) is 31.2 Å². The molecule has 18 heavy (non-hydrogen) atoms. The highest BCUT2D eigenvalue weighted by Crippen LogP contribution is 2.25. The average Bonchev–Trinajstić information content (AvgIpc) is 2.91. The molecule has 0 unspecified atom stereocenters. The van der Waals surface area contributed by atoms with Gasteiger partial charge >= 0.3 is 0 Å². The Bertz CT molecular complexity index is 331. The zero-order chi connectivity index (χ0) is 12.6. The van der Waals surface area contributed by atoms with Gasteiger partial charge in [-0.3, -0.25) is 0 Å². The Morgan fingerprint density at radius 3 is 2.83 bits per heavy atom. The van der Waals surface area contributed by atoms with E-state index in [1.54, 1.807) is 0 Å². The molecule has 100 valence electrons. The topological polar surface area (TPSA) is 34.1 Å². The van der Waals surface area contributed by atoms with E-state index in [0.29, 0.717) is 0 Å². The van der Waals surface area contributed by atoms with Crippen LogP contribution in [-0.2, 0) is 6.54 Å². The lowest BCUT2D eigenvalue weighted by molar-refractivity contribution is 0.243. The summed E-state index contributed by atoms with van der Waals surface area (Å²) in [6, 6.07) is 4.08. The largest absolute Gasteiger partial charge is 0.477 e. The van der Waals surface area contributed by atoms with Crippen molar-refractivity contribution in [2.24, 2.45) is 5.92 Å². The fourth-order valence-corrected chi connectivity index (χ4v) is 2.39. The van der Waals surface area contributed by atoms with Crippen molar-refractivity contribution in [2.75, 3.05) is 13.2 Å². The third-order valence-electron chi connectivity index (χ3n) is 3.50. The molecule has 0 radical (unpaired) electrons. The van der Waals surface area contributed by atoms with Gasteiger partial charge in [-0.15, -0.1) is 0 Å². The molecule has 3 nitrogen and oxygen atoms in total. The minimum Gasteiger partial charge on any atom is -0.477 e. The Labute approximate surface area is 110 Å². The number of hydrogen-bond donors (Lipinski definition) is 1. The second-order valence-corrected chi connectivity index (χ2v) is 5.14. The summed E-state index contributed by atoms with van der Waals surface area (Å²) in [4.78, 5) is 4.36. The zero-order valence-electron chi connectivity index (χ0n) is 11.3. The summed E-state index contributed by atoms with van der Waals surface area (Å²) in [6.45, 7) is 4.95. The van der Waals surface area contributed by atoms with Gasteiger partial charge in [0.1, 0.15) is 0 Å². The van der Waals surface area contributed by atoms with E-state index >= 15 is 0 Å². The van der Waals surface area contributed by atoms with Crippen LogP contribution in [0.15, 0.2) is 18.3 Å². The van der Waals surface area contributed by atoms with Crippen molar-refractivity contribution in [3.05, 3.63) is 23.9 Å².